The Bertz CT molecular complexity index is 303. The molecule has 0 amide bonds. The van der Waals surface area contributed by atoms with Crippen LogP contribution in [0.25, 0.3) is 0 Å². The maximum Gasteiger partial charge on any atom is 0.115 e. The van der Waals surface area contributed by atoms with E-state index in [9.17, 15) is 5.11 Å². The minimum Gasteiger partial charge on any atom is -0.508 e. The number of rotatable bonds is 4. The third kappa shape index (κ3) is 2.60. The summed E-state index contributed by atoms with van der Waals surface area (Å²) < 4.78 is 0. The van der Waals surface area contributed by atoms with Crippen LogP contribution in [0.3, 0.4) is 0 Å². The Labute approximate surface area is 84.5 Å². The first-order chi connectivity index (χ1) is 6.59. The third-order valence-electron chi connectivity index (χ3n) is 2.40. The zero-order valence-corrected chi connectivity index (χ0v) is 8.40. The van der Waals surface area contributed by atoms with Crippen molar-refractivity contribution in [2.75, 3.05) is 6.61 Å². The van der Waals surface area contributed by atoms with Crippen molar-refractivity contribution in [2.24, 2.45) is 5.41 Å². The number of aliphatic hydroxyl groups excluding tert-OH is 1. The van der Waals surface area contributed by atoms with Gasteiger partial charge in [-0.3, -0.25) is 0 Å². The molecular weight excluding hydrogens is 176 g/mol. The fraction of sp³-hybridized carbons (Fsp3) is 0.333. The van der Waals surface area contributed by atoms with Crippen molar-refractivity contribution in [1.29, 1.82) is 0 Å². The van der Waals surface area contributed by atoms with E-state index in [4.69, 9.17) is 5.11 Å². The Hall–Kier alpha value is -1.28. The highest BCUT2D eigenvalue weighted by atomic mass is 16.3. The molecule has 1 aromatic rings. The Balaban J connectivity index is 2.77. The summed E-state index contributed by atoms with van der Waals surface area (Å²) in [6.45, 7) is 5.74. The molecule has 0 heterocycles. The van der Waals surface area contributed by atoms with Crippen molar-refractivity contribution in [3.05, 3.63) is 42.5 Å². The van der Waals surface area contributed by atoms with Gasteiger partial charge in [0.2, 0.25) is 0 Å². The summed E-state index contributed by atoms with van der Waals surface area (Å²) in [6.07, 6.45) is 2.49. The van der Waals surface area contributed by atoms with Gasteiger partial charge in [-0.05, 0) is 24.1 Å². The molecule has 2 N–H and O–H groups in total. The van der Waals surface area contributed by atoms with Crippen LogP contribution in [0, 0.1) is 5.41 Å². The van der Waals surface area contributed by atoms with Crippen LogP contribution in [0.2, 0.25) is 0 Å². The zero-order valence-electron chi connectivity index (χ0n) is 8.40. The molecule has 1 aromatic carbocycles. The normalized spacial score (nSPS) is 14.7. The molecule has 0 aliphatic rings. The van der Waals surface area contributed by atoms with Crippen LogP contribution in [0.1, 0.15) is 12.5 Å². The first-order valence-corrected chi connectivity index (χ1v) is 4.62. The Morgan fingerprint density at radius 1 is 1.36 bits per heavy atom. The van der Waals surface area contributed by atoms with Gasteiger partial charge in [-0.2, -0.15) is 0 Å². The van der Waals surface area contributed by atoms with E-state index in [0.29, 0.717) is 0 Å². The minimum atomic E-state index is -0.281. The highest BCUT2D eigenvalue weighted by molar-refractivity contribution is 5.27. The summed E-state index contributed by atoms with van der Waals surface area (Å²) in [5.74, 6) is 0.262. The maximum atomic E-state index is 9.18. The average molecular weight is 192 g/mol. The fourth-order valence-electron chi connectivity index (χ4n) is 1.27. The summed E-state index contributed by atoms with van der Waals surface area (Å²) in [6, 6.07) is 7.01. The van der Waals surface area contributed by atoms with E-state index < -0.39 is 0 Å². The molecule has 0 fully saturated rings. The molecule has 0 bridgehead atoms. The maximum absolute atomic E-state index is 9.18. The van der Waals surface area contributed by atoms with Crippen LogP contribution >= 0.6 is 0 Å². The lowest BCUT2D eigenvalue weighted by molar-refractivity contribution is 0.184. The second-order valence-corrected chi connectivity index (χ2v) is 3.86. The summed E-state index contributed by atoms with van der Waals surface area (Å²) >= 11 is 0. The van der Waals surface area contributed by atoms with Gasteiger partial charge in [0.25, 0.3) is 0 Å². The number of aromatic hydroxyl groups is 1. The molecule has 1 atom stereocenters. The monoisotopic (exact) mass is 192 g/mol. The quantitative estimate of drug-likeness (QED) is 0.717. The van der Waals surface area contributed by atoms with Crippen molar-refractivity contribution in [2.45, 2.75) is 13.3 Å². The van der Waals surface area contributed by atoms with Gasteiger partial charge in [0, 0.05) is 5.41 Å². The summed E-state index contributed by atoms with van der Waals surface area (Å²) in [7, 11) is 0. The number of phenolic OH excluding ortho intramolecular Hbond substituents is 1. The molecule has 1 unspecified atom stereocenters. The zero-order chi connectivity index (χ0) is 10.6. The van der Waals surface area contributed by atoms with Crippen molar-refractivity contribution in [1.82, 2.24) is 0 Å². The van der Waals surface area contributed by atoms with Crippen molar-refractivity contribution < 1.29 is 10.2 Å². The predicted octanol–water partition coefficient (Wildman–Crippen LogP) is 2.12. The molecule has 0 aliphatic carbocycles. The van der Waals surface area contributed by atoms with E-state index in [-0.39, 0.29) is 17.8 Å². The predicted molar refractivity (Wildman–Crippen MR) is 57.2 cm³/mol. The van der Waals surface area contributed by atoms with Crippen LogP contribution in [-0.2, 0) is 6.42 Å². The number of hydrogen-bond donors (Lipinski definition) is 2. The number of phenols is 1. The molecule has 0 saturated heterocycles. The van der Waals surface area contributed by atoms with Gasteiger partial charge in [0.15, 0.2) is 0 Å². The fourth-order valence-corrected chi connectivity index (χ4v) is 1.27. The second-order valence-electron chi connectivity index (χ2n) is 3.86. The number of benzene rings is 1. The molecule has 0 saturated carbocycles. The standard InChI is InChI=1S/C12H16O2/c1-3-12(2,9-13)8-10-4-6-11(14)7-5-10/h3-7,13-14H,1,8-9H2,2H3. The van der Waals surface area contributed by atoms with Gasteiger partial charge in [0.05, 0.1) is 6.61 Å². The first kappa shape index (κ1) is 10.8. The Kier molecular flexibility index (Phi) is 3.31. The molecule has 76 valence electrons. The van der Waals surface area contributed by atoms with E-state index in [0.717, 1.165) is 12.0 Å². The number of hydrogen-bond acceptors (Lipinski definition) is 2. The summed E-state index contributed by atoms with van der Waals surface area (Å²) in [4.78, 5) is 0. The molecule has 2 nitrogen and oxygen atoms in total. The highest BCUT2D eigenvalue weighted by Crippen LogP contribution is 2.23. The Morgan fingerprint density at radius 2 is 1.93 bits per heavy atom. The van der Waals surface area contributed by atoms with Gasteiger partial charge >= 0.3 is 0 Å². The number of aliphatic hydroxyl groups is 1. The van der Waals surface area contributed by atoms with Gasteiger partial charge < -0.3 is 10.2 Å². The molecule has 1 rings (SSSR count). The van der Waals surface area contributed by atoms with Crippen LogP contribution in [-0.4, -0.2) is 16.8 Å². The van der Waals surface area contributed by atoms with E-state index in [1.807, 2.05) is 19.1 Å². The van der Waals surface area contributed by atoms with Crippen LogP contribution in [0.4, 0.5) is 0 Å². The SMILES string of the molecule is C=CC(C)(CO)Cc1ccc(O)cc1. The van der Waals surface area contributed by atoms with E-state index in [2.05, 4.69) is 6.58 Å². The van der Waals surface area contributed by atoms with Gasteiger partial charge in [-0.15, -0.1) is 6.58 Å². The average Bonchev–Trinajstić information content (AvgIpc) is 2.21. The van der Waals surface area contributed by atoms with Crippen LogP contribution in [0.15, 0.2) is 36.9 Å². The topological polar surface area (TPSA) is 40.5 Å². The molecule has 0 aliphatic heterocycles. The van der Waals surface area contributed by atoms with E-state index in [1.54, 1.807) is 18.2 Å². The third-order valence-corrected chi connectivity index (χ3v) is 2.40. The first-order valence-electron chi connectivity index (χ1n) is 4.62. The van der Waals surface area contributed by atoms with Crippen molar-refractivity contribution >= 4 is 0 Å². The smallest absolute Gasteiger partial charge is 0.115 e. The Morgan fingerprint density at radius 3 is 2.36 bits per heavy atom. The van der Waals surface area contributed by atoms with Gasteiger partial charge in [-0.25, -0.2) is 0 Å². The molecule has 2 heteroatoms. The largest absolute Gasteiger partial charge is 0.508 e. The van der Waals surface area contributed by atoms with E-state index >= 15 is 0 Å². The molecule has 0 radical (unpaired) electrons. The molecular formula is C12H16O2. The van der Waals surface area contributed by atoms with E-state index in [1.165, 1.54) is 0 Å². The second kappa shape index (κ2) is 4.29. The van der Waals surface area contributed by atoms with Crippen molar-refractivity contribution in [3.63, 3.8) is 0 Å². The molecule has 0 spiro atoms. The lowest BCUT2D eigenvalue weighted by Gasteiger charge is -2.22. The van der Waals surface area contributed by atoms with Crippen LogP contribution in [0.5, 0.6) is 5.75 Å². The molecule has 0 aromatic heterocycles. The minimum absolute atomic E-state index is 0.0807. The lowest BCUT2D eigenvalue weighted by atomic mass is 9.85. The highest BCUT2D eigenvalue weighted by Gasteiger charge is 2.19. The van der Waals surface area contributed by atoms with Gasteiger partial charge in [-0.1, -0.05) is 25.1 Å². The van der Waals surface area contributed by atoms with Crippen LogP contribution < -0.4 is 0 Å². The molecule has 14 heavy (non-hydrogen) atoms. The van der Waals surface area contributed by atoms with Crippen molar-refractivity contribution in [3.8, 4) is 5.75 Å². The summed E-state index contributed by atoms with van der Waals surface area (Å²) in [5, 5.41) is 18.3. The van der Waals surface area contributed by atoms with Gasteiger partial charge in [0.1, 0.15) is 5.75 Å². The lowest BCUT2D eigenvalue weighted by Crippen LogP contribution is -2.21. The summed E-state index contributed by atoms with van der Waals surface area (Å²) in [5.41, 5.74) is 0.802.